The van der Waals surface area contributed by atoms with Crippen LogP contribution >= 0.6 is 11.6 Å². The molecule has 5 rings (SSSR count). The van der Waals surface area contributed by atoms with Crippen molar-refractivity contribution in [3.8, 4) is 0 Å². The lowest BCUT2D eigenvalue weighted by atomic mass is 9.82. The van der Waals surface area contributed by atoms with Crippen LogP contribution in [0.3, 0.4) is 0 Å². The maximum Gasteiger partial charge on any atom is 0.252 e. The molecule has 1 aromatic carbocycles. The van der Waals surface area contributed by atoms with Gasteiger partial charge in [-0.05, 0) is 42.9 Å². The highest BCUT2D eigenvalue weighted by molar-refractivity contribution is 6.30. The van der Waals surface area contributed by atoms with Crippen LogP contribution in [0.2, 0.25) is 5.02 Å². The lowest BCUT2D eigenvalue weighted by molar-refractivity contribution is 0.0962. The Bertz CT molecular complexity index is 1020. The topological polar surface area (TPSA) is 60.2 Å². The predicted octanol–water partition coefficient (Wildman–Crippen LogP) is 4.74. The lowest BCUT2D eigenvalue weighted by Gasteiger charge is -2.24. The maximum absolute atomic E-state index is 12.8. The molecule has 0 radical (unpaired) electrons. The Morgan fingerprint density at radius 3 is 2.74 bits per heavy atom. The molecule has 3 aromatic rings. The van der Waals surface area contributed by atoms with E-state index in [0.29, 0.717) is 28.7 Å². The van der Waals surface area contributed by atoms with Gasteiger partial charge in [0.1, 0.15) is 0 Å². The third-order valence-corrected chi connectivity index (χ3v) is 6.18. The first kappa shape index (κ1) is 16.9. The molecular weight excluding hydrogens is 360 g/mol. The summed E-state index contributed by atoms with van der Waals surface area (Å²) in [5.74, 6) is 2.13. The number of halogens is 1. The van der Waals surface area contributed by atoms with Crippen LogP contribution in [-0.2, 0) is 6.42 Å². The van der Waals surface area contributed by atoms with Crippen molar-refractivity contribution in [1.29, 1.82) is 0 Å². The second-order valence-corrected chi connectivity index (χ2v) is 8.16. The Hall–Kier alpha value is -2.27. The maximum atomic E-state index is 12.8. The number of ketones is 1. The highest BCUT2D eigenvalue weighted by Gasteiger charge is 2.30. The number of fused-ring (bicyclic) bond motifs is 3. The van der Waals surface area contributed by atoms with Crippen molar-refractivity contribution in [1.82, 2.24) is 19.6 Å². The first-order chi connectivity index (χ1) is 13.2. The van der Waals surface area contributed by atoms with Crippen molar-refractivity contribution in [2.75, 3.05) is 0 Å². The summed E-state index contributed by atoms with van der Waals surface area (Å²) in [4.78, 5) is 21.9. The summed E-state index contributed by atoms with van der Waals surface area (Å²) >= 11 is 6.16. The summed E-state index contributed by atoms with van der Waals surface area (Å²) in [7, 11) is 0. The number of aromatic nitrogens is 4. The van der Waals surface area contributed by atoms with Crippen molar-refractivity contribution in [3.05, 3.63) is 58.1 Å². The number of rotatable bonds is 2. The van der Waals surface area contributed by atoms with Gasteiger partial charge in [-0.3, -0.25) is 4.79 Å². The van der Waals surface area contributed by atoms with Crippen LogP contribution in [0.1, 0.15) is 77.8 Å². The second kappa shape index (κ2) is 6.71. The van der Waals surface area contributed by atoms with Gasteiger partial charge in [0.2, 0.25) is 0 Å². The van der Waals surface area contributed by atoms with E-state index in [-0.39, 0.29) is 11.7 Å². The van der Waals surface area contributed by atoms with E-state index in [2.05, 4.69) is 9.97 Å². The summed E-state index contributed by atoms with van der Waals surface area (Å²) < 4.78 is 1.81. The van der Waals surface area contributed by atoms with E-state index >= 15 is 0 Å². The molecule has 0 saturated heterocycles. The zero-order valence-corrected chi connectivity index (χ0v) is 15.8. The van der Waals surface area contributed by atoms with Crippen LogP contribution in [-0.4, -0.2) is 25.4 Å². The van der Waals surface area contributed by atoms with Crippen LogP contribution in [0.4, 0.5) is 0 Å². The molecule has 0 N–H and O–H groups in total. The molecule has 27 heavy (non-hydrogen) atoms. The van der Waals surface area contributed by atoms with Crippen molar-refractivity contribution < 1.29 is 4.79 Å². The summed E-state index contributed by atoms with van der Waals surface area (Å²) in [5.41, 5.74) is 2.70. The average molecular weight is 381 g/mol. The van der Waals surface area contributed by atoms with Gasteiger partial charge in [0.15, 0.2) is 11.6 Å². The Balaban J connectivity index is 1.56. The monoisotopic (exact) mass is 380 g/mol. The van der Waals surface area contributed by atoms with Gasteiger partial charge in [0, 0.05) is 23.6 Å². The molecule has 0 amide bonds. The minimum atomic E-state index is 0.108. The highest BCUT2D eigenvalue weighted by Crippen LogP contribution is 2.35. The SMILES string of the molecule is O=C1CC(c2cccc(Cl)c2)Cc2c1cnc1nc(C3CCCCC3)nn21. The normalized spacial score (nSPS) is 20.8. The van der Waals surface area contributed by atoms with Gasteiger partial charge in [-0.2, -0.15) is 4.98 Å². The summed E-state index contributed by atoms with van der Waals surface area (Å²) in [6.07, 6.45) is 8.96. The van der Waals surface area contributed by atoms with E-state index in [9.17, 15) is 4.79 Å². The standard InChI is InChI=1S/C21H21ClN4O/c22-16-8-4-7-14(9-16)15-10-18-17(19(27)11-15)12-23-21-24-20(25-26(18)21)13-5-2-1-3-6-13/h4,7-9,12-13,15H,1-3,5-6,10-11H2. The number of hydrogen-bond donors (Lipinski definition) is 0. The molecule has 1 unspecified atom stereocenters. The quantitative estimate of drug-likeness (QED) is 0.644. The first-order valence-electron chi connectivity index (χ1n) is 9.72. The van der Waals surface area contributed by atoms with Crippen LogP contribution in [0.25, 0.3) is 5.78 Å². The van der Waals surface area contributed by atoms with E-state index < -0.39 is 0 Å². The summed E-state index contributed by atoms with van der Waals surface area (Å²) in [6, 6.07) is 7.80. The molecule has 0 aliphatic heterocycles. The lowest BCUT2D eigenvalue weighted by Crippen LogP contribution is -2.22. The predicted molar refractivity (Wildman–Crippen MR) is 103 cm³/mol. The van der Waals surface area contributed by atoms with Gasteiger partial charge >= 0.3 is 0 Å². The molecule has 1 saturated carbocycles. The number of hydrogen-bond acceptors (Lipinski definition) is 4. The van der Waals surface area contributed by atoms with Gasteiger partial charge in [-0.15, -0.1) is 5.10 Å². The molecule has 2 aliphatic carbocycles. The molecule has 2 heterocycles. The van der Waals surface area contributed by atoms with E-state index in [1.54, 1.807) is 6.20 Å². The summed E-state index contributed by atoms with van der Waals surface area (Å²) in [5, 5.41) is 5.49. The van der Waals surface area contributed by atoms with Crippen LogP contribution in [0.5, 0.6) is 0 Å². The molecule has 1 fully saturated rings. The molecule has 2 aromatic heterocycles. The molecule has 6 heteroatoms. The van der Waals surface area contributed by atoms with Crippen LogP contribution in [0.15, 0.2) is 30.5 Å². The molecular formula is C21H21ClN4O. The van der Waals surface area contributed by atoms with Gasteiger partial charge in [-0.1, -0.05) is 43.0 Å². The van der Waals surface area contributed by atoms with E-state index in [4.69, 9.17) is 16.7 Å². The molecule has 5 nitrogen and oxygen atoms in total. The third-order valence-electron chi connectivity index (χ3n) is 5.94. The number of benzene rings is 1. The smallest absolute Gasteiger partial charge is 0.252 e. The Kier molecular flexibility index (Phi) is 4.20. The van der Waals surface area contributed by atoms with E-state index in [1.807, 2.05) is 28.8 Å². The second-order valence-electron chi connectivity index (χ2n) is 7.72. The van der Waals surface area contributed by atoms with Crippen molar-refractivity contribution in [2.45, 2.75) is 56.8 Å². The molecule has 138 valence electrons. The zero-order chi connectivity index (χ0) is 18.4. The van der Waals surface area contributed by atoms with E-state index in [0.717, 1.165) is 36.3 Å². The first-order valence-corrected chi connectivity index (χ1v) is 10.1. The third kappa shape index (κ3) is 3.04. The fraction of sp³-hybridized carbons (Fsp3) is 0.429. The van der Waals surface area contributed by atoms with Crippen molar-refractivity contribution >= 4 is 23.2 Å². The minimum absolute atomic E-state index is 0.108. The molecule has 0 bridgehead atoms. The average Bonchev–Trinajstić information content (AvgIpc) is 3.13. The fourth-order valence-corrected chi connectivity index (χ4v) is 4.69. The molecule has 1 atom stereocenters. The van der Waals surface area contributed by atoms with Crippen molar-refractivity contribution in [3.63, 3.8) is 0 Å². The highest BCUT2D eigenvalue weighted by atomic mass is 35.5. The number of carbonyl (C=O) groups excluding carboxylic acids is 1. The van der Waals surface area contributed by atoms with Crippen LogP contribution < -0.4 is 0 Å². The van der Waals surface area contributed by atoms with E-state index in [1.165, 1.54) is 19.3 Å². The summed E-state index contributed by atoms with van der Waals surface area (Å²) in [6.45, 7) is 0. The van der Waals surface area contributed by atoms with Gasteiger partial charge in [0.05, 0.1) is 11.3 Å². The molecule has 2 aliphatic rings. The van der Waals surface area contributed by atoms with Gasteiger partial charge in [0.25, 0.3) is 5.78 Å². The van der Waals surface area contributed by atoms with Gasteiger partial charge < -0.3 is 0 Å². The number of nitrogens with zero attached hydrogens (tertiary/aromatic N) is 4. The molecule has 0 spiro atoms. The Morgan fingerprint density at radius 2 is 1.93 bits per heavy atom. The van der Waals surface area contributed by atoms with Crippen LogP contribution in [0, 0.1) is 0 Å². The largest absolute Gasteiger partial charge is 0.294 e. The zero-order valence-electron chi connectivity index (χ0n) is 15.1. The Morgan fingerprint density at radius 1 is 1.07 bits per heavy atom. The van der Waals surface area contributed by atoms with Gasteiger partial charge in [-0.25, -0.2) is 9.50 Å². The number of carbonyl (C=O) groups is 1. The fourth-order valence-electron chi connectivity index (χ4n) is 4.49. The minimum Gasteiger partial charge on any atom is -0.294 e. The Labute approximate surface area is 162 Å². The van der Waals surface area contributed by atoms with Crippen molar-refractivity contribution in [2.24, 2.45) is 0 Å². The number of Topliss-reactive ketones (excluding diaryl/α,β-unsaturated/α-hetero) is 1.